The number of carbonyl (C=O) groups is 1. The summed E-state index contributed by atoms with van der Waals surface area (Å²) in [5, 5.41) is 4.09. The van der Waals surface area contributed by atoms with Gasteiger partial charge >= 0.3 is 0 Å². The second-order valence-electron chi connectivity index (χ2n) is 5.67. The molecule has 1 atom stereocenters. The Morgan fingerprint density at radius 1 is 1.52 bits per heavy atom. The largest absolute Gasteiger partial charge is 0.467 e. The fraction of sp³-hybridized carbons (Fsp3) is 0.533. The molecule has 1 fully saturated rings. The molecule has 3 rings (SSSR count). The van der Waals surface area contributed by atoms with Crippen LogP contribution < -0.4 is 0 Å². The quantitative estimate of drug-likeness (QED) is 0.759. The van der Waals surface area contributed by atoms with Crippen LogP contribution in [0.3, 0.4) is 0 Å². The average molecular weight is 319 g/mol. The molecule has 124 valence electrons. The minimum Gasteiger partial charge on any atom is -0.467 e. The van der Waals surface area contributed by atoms with E-state index >= 15 is 0 Å². The van der Waals surface area contributed by atoms with Crippen LogP contribution in [0.2, 0.25) is 0 Å². The summed E-state index contributed by atoms with van der Waals surface area (Å²) in [5.74, 6) is 0.856. The van der Waals surface area contributed by atoms with Gasteiger partial charge in [0.1, 0.15) is 18.4 Å². The molecule has 1 saturated heterocycles. The lowest BCUT2D eigenvalue weighted by molar-refractivity contribution is -0.134. The lowest BCUT2D eigenvalue weighted by Gasteiger charge is -2.33. The van der Waals surface area contributed by atoms with Gasteiger partial charge in [-0.3, -0.25) is 14.4 Å². The molecule has 0 N–H and O–H groups in total. The molecule has 8 heteroatoms. The number of amides is 1. The minimum absolute atomic E-state index is 0.0219. The number of hydrogen-bond donors (Lipinski definition) is 0. The van der Waals surface area contributed by atoms with Crippen molar-refractivity contribution in [3.8, 4) is 0 Å². The van der Waals surface area contributed by atoms with Gasteiger partial charge in [0.25, 0.3) is 0 Å². The first-order valence-electron chi connectivity index (χ1n) is 7.63. The number of hydrogen-bond acceptors (Lipinski definition) is 6. The van der Waals surface area contributed by atoms with Crippen molar-refractivity contribution in [2.45, 2.75) is 19.2 Å². The van der Waals surface area contributed by atoms with E-state index in [9.17, 15) is 4.79 Å². The normalized spacial score (nSPS) is 18.9. The molecular weight excluding hydrogens is 298 g/mol. The summed E-state index contributed by atoms with van der Waals surface area (Å²) in [6.07, 6.45) is 4.82. The van der Waals surface area contributed by atoms with Gasteiger partial charge in [-0.2, -0.15) is 5.10 Å². The number of rotatable bonds is 6. The highest BCUT2D eigenvalue weighted by molar-refractivity contribution is 5.77. The van der Waals surface area contributed by atoms with E-state index in [0.717, 1.165) is 12.3 Å². The van der Waals surface area contributed by atoms with Crippen LogP contribution in [0.15, 0.2) is 35.5 Å². The highest BCUT2D eigenvalue weighted by Gasteiger charge is 2.24. The number of furan rings is 1. The average Bonchev–Trinajstić information content (AvgIpc) is 3.21. The molecule has 2 aromatic heterocycles. The maximum Gasteiger partial charge on any atom is 0.236 e. The van der Waals surface area contributed by atoms with E-state index < -0.39 is 0 Å². The standard InChI is InChI=1S/C15H21N5O3/c1-18(7-13-3-2-5-22-13)15(21)10-19-4-6-23-14(8-19)9-20-12-16-11-17-20/h2-3,5,11-12,14H,4,6-10H2,1H3. The molecule has 8 nitrogen and oxygen atoms in total. The van der Waals surface area contributed by atoms with Crippen molar-refractivity contribution in [1.82, 2.24) is 24.6 Å². The molecule has 1 unspecified atom stereocenters. The topological polar surface area (TPSA) is 76.6 Å². The van der Waals surface area contributed by atoms with Crippen LogP contribution in [-0.2, 0) is 22.6 Å². The molecule has 0 saturated carbocycles. The van der Waals surface area contributed by atoms with Crippen molar-refractivity contribution in [3.63, 3.8) is 0 Å². The van der Waals surface area contributed by atoms with Crippen LogP contribution in [-0.4, -0.2) is 69.9 Å². The van der Waals surface area contributed by atoms with Gasteiger partial charge < -0.3 is 14.1 Å². The van der Waals surface area contributed by atoms with Crippen LogP contribution in [0, 0.1) is 0 Å². The van der Waals surface area contributed by atoms with E-state index in [2.05, 4.69) is 15.0 Å². The number of nitrogens with zero attached hydrogens (tertiary/aromatic N) is 5. The summed E-state index contributed by atoms with van der Waals surface area (Å²) in [6, 6.07) is 3.69. The van der Waals surface area contributed by atoms with E-state index in [4.69, 9.17) is 9.15 Å². The Labute approximate surface area is 134 Å². The number of morpholine rings is 1. The van der Waals surface area contributed by atoms with Crippen molar-refractivity contribution >= 4 is 5.91 Å². The maximum absolute atomic E-state index is 12.3. The zero-order chi connectivity index (χ0) is 16.1. The van der Waals surface area contributed by atoms with Crippen LogP contribution in [0.4, 0.5) is 0 Å². The molecule has 3 heterocycles. The Morgan fingerprint density at radius 3 is 3.17 bits per heavy atom. The molecule has 2 aromatic rings. The zero-order valence-electron chi connectivity index (χ0n) is 13.2. The first-order chi connectivity index (χ1) is 11.2. The lowest BCUT2D eigenvalue weighted by atomic mass is 10.2. The van der Waals surface area contributed by atoms with Crippen molar-refractivity contribution < 1.29 is 13.9 Å². The fourth-order valence-electron chi connectivity index (χ4n) is 2.61. The first kappa shape index (κ1) is 15.7. The second kappa shape index (κ2) is 7.38. The van der Waals surface area contributed by atoms with E-state index in [1.54, 1.807) is 29.2 Å². The Kier molecular flexibility index (Phi) is 5.04. The molecule has 1 aliphatic heterocycles. The number of likely N-dealkylation sites (N-methyl/N-ethyl adjacent to an activating group) is 1. The number of aromatic nitrogens is 3. The van der Waals surface area contributed by atoms with Crippen LogP contribution in [0.1, 0.15) is 5.76 Å². The van der Waals surface area contributed by atoms with Gasteiger partial charge in [-0.1, -0.05) is 0 Å². The predicted octanol–water partition coefficient (Wildman–Crippen LogP) is 0.230. The molecule has 0 radical (unpaired) electrons. The third-order valence-corrected chi connectivity index (χ3v) is 3.84. The van der Waals surface area contributed by atoms with Crippen molar-refractivity contribution in [3.05, 3.63) is 36.8 Å². The summed E-state index contributed by atoms with van der Waals surface area (Å²) in [7, 11) is 1.79. The van der Waals surface area contributed by atoms with Gasteiger partial charge in [0.05, 0.1) is 38.6 Å². The van der Waals surface area contributed by atoms with E-state index in [1.807, 2.05) is 12.1 Å². The molecule has 0 spiro atoms. The first-order valence-corrected chi connectivity index (χ1v) is 7.63. The van der Waals surface area contributed by atoms with Crippen molar-refractivity contribution in [1.29, 1.82) is 0 Å². The Hall–Kier alpha value is -2.19. The summed E-state index contributed by atoms with van der Waals surface area (Å²) in [4.78, 5) is 20.1. The zero-order valence-corrected chi connectivity index (χ0v) is 13.2. The fourth-order valence-corrected chi connectivity index (χ4v) is 2.61. The van der Waals surface area contributed by atoms with Gasteiger partial charge in [0.2, 0.25) is 5.91 Å². The SMILES string of the molecule is CN(Cc1ccco1)C(=O)CN1CCOC(Cn2cncn2)C1. The monoisotopic (exact) mass is 319 g/mol. The van der Waals surface area contributed by atoms with Gasteiger partial charge in [-0.15, -0.1) is 0 Å². The van der Waals surface area contributed by atoms with Gasteiger partial charge in [-0.05, 0) is 12.1 Å². The highest BCUT2D eigenvalue weighted by Crippen LogP contribution is 2.09. The number of ether oxygens (including phenoxy) is 1. The van der Waals surface area contributed by atoms with Crippen LogP contribution in [0.25, 0.3) is 0 Å². The summed E-state index contributed by atoms with van der Waals surface area (Å²) in [5.41, 5.74) is 0. The third kappa shape index (κ3) is 4.40. The van der Waals surface area contributed by atoms with Gasteiger partial charge in [-0.25, -0.2) is 4.98 Å². The van der Waals surface area contributed by atoms with Crippen LogP contribution >= 0.6 is 0 Å². The molecule has 0 bridgehead atoms. The Balaban J connectivity index is 1.47. The van der Waals surface area contributed by atoms with E-state index in [1.165, 1.54) is 6.33 Å². The minimum atomic E-state index is 0.0219. The van der Waals surface area contributed by atoms with Crippen molar-refractivity contribution in [2.24, 2.45) is 0 Å². The molecule has 1 aliphatic rings. The number of carbonyl (C=O) groups excluding carboxylic acids is 1. The molecule has 0 aromatic carbocycles. The molecule has 0 aliphatic carbocycles. The van der Waals surface area contributed by atoms with Gasteiger partial charge in [0.15, 0.2) is 0 Å². The smallest absolute Gasteiger partial charge is 0.236 e. The second-order valence-corrected chi connectivity index (χ2v) is 5.67. The predicted molar refractivity (Wildman–Crippen MR) is 81.4 cm³/mol. The summed E-state index contributed by atoms with van der Waals surface area (Å²) < 4.78 is 12.8. The summed E-state index contributed by atoms with van der Waals surface area (Å²) >= 11 is 0. The third-order valence-electron chi connectivity index (χ3n) is 3.84. The summed E-state index contributed by atoms with van der Waals surface area (Å²) in [6.45, 7) is 3.60. The van der Waals surface area contributed by atoms with E-state index in [0.29, 0.717) is 32.8 Å². The van der Waals surface area contributed by atoms with Crippen molar-refractivity contribution in [2.75, 3.05) is 33.3 Å². The van der Waals surface area contributed by atoms with E-state index in [-0.39, 0.29) is 12.0 Å². The molecule has 23 heavy (non-hydrogen) atoms. The maximum atomic E-state index is 12.3. The van der Waals surface area contributed by atoms with Crippen LogP contribution in [0.5, 0.6) is 0 Å². The lowest BCUT2D eigenvalue weighted by Crippen LogP contribution is -2.48. The molecular formula is C15H21N5O3. The highest BCUT2D eigenvalue weighted by atomic mass is 16.5. The van der Waals surface area contributed by atoms with Gasteiger partial charge in [0, 0.05) is 20.1 Å². The molecule has 1 amide bonds. The Morgan fingerprint density at radius 2 is 2.43 bits per heavy atom. The Bertz CT molecular complexity index is 599.